The number of amides is 3. The van der Waals surface area contributed by atoms with Crippen molar-refractivity contribution in [1.82, 2.24) is 30.9 Å². The van der Waals surface area contributed by atoms with Crippen molar-refractivity contribution >= 4 is 117 Å². The number of pyridine rings is 3. The quantitative estimate of drug-likeness (QED) is 0.0470. The van der Waals surface area contributed by atoms with Crippen molar-refractivity contribution in [3.05, 3.63) is 156 Å². The minimum Gasteiger partial charge on any atom is -0.397 e. The molecular weight excluding hydrogens is 1220 g/mol. The Kier molecular flexibility index (Phi) is 21.9. The molecule has 6 aromatic heterocycles. The van der Waals surface area contributed by atoms with E-state index in [1.54, 1.807) is 0 Å². The number of aromatic nitrogens is 3. The van der Waals surface area contributed by atoms with E-state index < -0.39 is 35.0 Å². The SMILES string of the molecule is CCc1ccc2c(N)c(C(=O)NCCc3cc(F)c(N4CCCCC4)cc3F)sc2n1.CCc1ccc2c(N)c(C(=O)NCCc3ccc(N4CCCCC4)cc3)sc2n1.Cc1nc2sc(C(=O)NCCc3cc(F)c(N4CCCCC4)cc3F)c(N)c2cc1F. The molecule has 15 nitrogen and oxygen atoms in total. The maximum absolute atomic E-state index is 14.6. The molecule has 3 aliphatic rings. The lowest BCUT2D eigenvalue weighted by Crippen LogP contribution is -2.30. The number of rotatable bonds is 17. The lowest BCUT2D eigenvalue weighted by Gasteiger charge is -2.29. The van der Waals surface area contributed by atoms with Crippen LogP contribution >= 0.6 is 34.0 Å². The number of piperidine rings is 3. The summed E-state index contributed by atoms with van der Waals surface area (Å²) in [6.45, 7) is 11.7. The summed E-state index contributed by atoms with van der Waals surface area (Å²) in [5.41, 5.74) is 25.2. The number of fused-ring (bicyclic) bond motifs is 3. The lowest BCUT2D eigenvalue weighted by molar-refractivity contribution is 0.0950. The van der Waals surface area contributed by atoms with Gasteiger partial charge < -0.3 is 47.9 Å². The number of nitrogens with zero attached hydrogens (tertiary/aromatic N) is 6. The van der Waals surface area contributed by atoms with Gasteiger partial charge in [-0.1, -0.05) is 26.0 Å². The van der Waals surface area contributed by atoms with E-state index in [1.165, 1.54) is 90.4 Å². The van der Waals surface area contributed by atoms with Gasteiger partial charge in [0.1, 0.15) is 58.2 Å². The zero-order valence-corrected chi connectivity index (χ0v) is 54.0. The number of hydrogen-bond donors (Lipinski definition) is 6. The van der Waals surface area contributed by atoms with Crippen LogP contribution in [-0.4, -0.2) is 91.6 Å². The molecule has 0 bridgehead atoms. The number of anilines is 6. The number of aryl methyl sites for hydroxylation is 3. The van der Waals surface area contributed by atoms with Gasteiger partial charge in [-0.25, -0.2) is 36.9 Å². The Bertz CT molecular complexity index is 4060. The molecular formula is C68H77F5N12O3S3. The largest absolute Gasteiger partial charge is 0.397 e. The first kappa shape index (κ1) is 65.8. The van der Waals surface area contributed by atoms with E-state index in [-0.39, 0.29) is 70.8 Å². The van der Waals surface area contributed by atoms with Crippen LogP contribution in [0.1, 0.15) is 134 Å². The van der Waals surface area contributed by atoms with Gasteiger partial charge in [-0.2, -0.15) is 0 Å². The summed E-state index contributed by atoms with van der Waals surface area (Å²) in [6, 6.07) is 22.7. The summed E-state index contributed by atoms with van der Waals surface area (Å²) in [5.74, 6) is -3.21. The van der Waals surface area contributed by atoms with Gasteiger partial charge in [-0.3, -0.25) is 14.4 Å². The first-order valence-corrected chi connectivity index (χ1v) is 33.8. The molecule has 3 aliphatic heterocycles. The Hall–Kier alpha value is -8.15. The average molecular weight is 1300 g/mol. The molecule has 3 amide bonds. The molecule has 9 N–H and O–H groups in total. The number of nitrogen functional groups attached to an aromatic ring is 3. The second-order valence-electron chi connectivity index (χ2n) is 23.1. The van der Waals surface area contributed by atoms with Crippen LogP contribution in [0.15, 0.2) is 78.9 Å². The molecule has 12 rings (SSSR count). The van der Waals surface area contributed by atoms with E-state index in [9.17, 15) is 36.3 Å². The number of thiophene rings is 3. The number of benzene rings is 3. The van der Waals surface area contributed by atoms with Gasteiger partial charge in [-0.15, -0.1) is 34.0 Å². The van der Waals surface area contributed by atoms with Crippen molar-refractivity contribution in [2.24, 2.45) is 0 Å². The van der Waals surface area contributed by atoms with Gasteiger partial charge in [0.15, 0.2) is 0 Å². The highest BCUT2D eigenvalue weighted by Crippen LogP contribution is 2.36. The molecule has 3 saturated heterocycles. The molecule has 3 aromatic carbocycles. The number of carbonyl (C=O) groups excluding carboxylic acids is 3. The smallest absolute Gasteiger partial charge is 0.263 e. The second-order valence-corrected chi connectivity index (χ2v) is 26.1. The van der Waals surface area contributed by atoms with Crippen molar-refractivity contribution < 1.29 is 36.3 Å². The monoisotopic (exact) mass is 1300 g/mol. The Labute approximate surface area is 538 Å². The van der Waals surface area contributed by atoms with Crippen LogP contribution in [0.3, 0.4) is 0 Å². The van der Waals surface area contributed by atoms with Crippen molar-refractivity contribution in [3.63, 3.8) is 0 Å². The molecule has 91 heavy (non-hydrogen) atoms. The summed E-state index contributed by atoms with van der Waals surface area (Å²) in [4.78, 5) is 60.4. The number of halogens is 5. The van der Waals surface area contributed by atoms with Crippen molar-refractivity contribution in [2.45, 2.75) is 111 Å². The summed E-state index contributed by atoms with van der Waals surface area (Å²) < 4.78 is 72.0. The molecule has 0 spiro atoms. The van der Waals surface area contributed by atoms with Crippen LogP contribution in [0.25, 0.3) is 30.6 Å². The van der Waals surface area contributed by atoms with E-state index in [4.69, 9.17) is 17.2 Å². The van der Waals surface area contributed by atoms with Gasteiger partial charge in [0.2, 0.25) is 0 Å². The molecule has 9 heterocycles. The van der Waals surface area contributed by atoms with Gasteiger partial charge in [-0.05, 0) is 168 Å². The lowest BCUT2D eigenvalue weighted by atomic mass is 10.1. The number of nitrogens with one attached hydrogen (secondary N) is 3. The Morgan fingerprint density at radius 1 is 0.451 bits per heavy atom. The van der Waals surface area contributed by atoms with Crippen LogP contribution in [0.2, 0.25) is 0 Å². The highest BCUT2D eigenvalue weighted by molar-refractivity contribution is 7.22. The highest BCUT2D eigenvalue weighted by atomic mass is 32.1. The molecule has 0 saturated carbocycles. The van der Waals surface area contributed by atoms with Crippen molar-refractivity contribution in [3.8, 4) is 0 Å². The van der Waals surface area contributed by atoms with Gasteiger partial charge in [0, 0.05) is 104 Å². The third-order valence-electron chi connectivity index (χ3n) is 16.8. The first-order valence-electron chi connectivity index (χ1n) is 31.3. The fraction of sp³-hybridized carbons (Fsp3) is 0.382. The van der Waals surface area contributed by atoms with E-state index >= 15 is 0 Å². The van der Waals surface area contributed by atoms with Crippen LogP contribution in [-0.2, 0) is 32.1 Å². The van der Waals surface area contributed by atoms with Gasteiger partial charge >= 0.3 is 0 Å². The predicted octanol–water partition coefficient (Wildman–Crippen LogP) is 13.7. The zero-order chi connectivity index (χ0) is 64.3. The summed E-state index contributed by atoms with van der Waals surface area (Å²) in [7, 11) is 0. The normalized spacial score (nSPS) is 14.3. The maximum atomic E-state index is 14.6. The topological polar surface area (TPSA) is 214 Å². The molecule has 3 fully saturated rings. The van der Waals surface area contributed by atoms with Crippen LogP contribution in [0.4, 0.5) is 56.1 Å². The maximum Gasteiger partial charge on any atom is 0.263 e. The number of nitrogens with two attached hydrogens (primary N) is 3. The highest BCUT2D eigenvalue weighted by Gasteiger charge is 2.24. The molecule has 0 unspecified atom stereocenters. The predicted molar refractivity (Wildman–Crippen MR) is 361 cm³/mol. The average Bonchev–Trinajstić information content (AvgIpc) is 1.76. The van der Waals surface area contributed by atoms with Gasteiger partial charge in [0.25, 0.3) is 17.7 Å². The van der Waals surface area contributed by atoms with E-state index in [0.29, 0.717) is 43.6 Å². The summed E-state index contributed by atoms with van der Waals surface area (Å²) in [6.07, 6.45) is 12.8. The summed E-state index contributed by atoms with van der Waals surface area (Å²) in [5, 5.41) is 10.5. The van der Waals surface area contributed by atoms with Crippen LogP contribution < -0.4 is 47.9 Å². The summed E-state index contributed by atoms with van der Waals surface area (Å²) >= 11 is 3.69. The van der Waals surface area contributed by atoms with E-state index in [0.717, 1.165) is 140 Å². The van der Waals surface area contributed by atoms with E-state index in [1.807, 2.05) is 41.0 Å². The van der Waals surface area contributed by atoms with Crippen molar-refractivity contribution in [1.29, 1.82) is 0 Å². The van der Waals surface area contributed by atoms with Crippen LogP contribution in [0, 0.1) is 36.0 Å². The molecule has 0 aliphatic carbocycles. The zero-order valence-electron chi connectivity index (χ0n) is 51.5. The number of hydrogen-bond acceptors (Lipinski definition) is 15. The first-order chi connectivity index (χ1) is 44.0. The van der Waals surface area contributed by atoms with Crippen molar-refractivity contribution in [2.75, 3.05) is 90.8 Å². The molecule has 0 radical (unpaired) electrons. The molecule has 23 heteroatoms. The second kappa shape index (κ2) is 30.3. The molecule has 480 valence electrons. The third kappa shape index (κ3) is 15.8. The molecule has 0 atom stereocenters. The Balaban J connectivity index is 0.000000150. The van der Waals surface area contributed by atoms with E-state index in [2.05, 4.69) is 67.0 Å². The molecule has 9 aromatic rings. The fourth-order valence-corrected chi connectivity index (χ4v) is 14.7. The van der Waals surface area contributed by atoms with Gasteiger partial charge in [0.05, 0.1) is 34.1 Å². The Morgan fingerprint density at radius 2 is 0.835 bits per heavy atom. The Morgan fingerprint density at radius 3 is 1.25 bits per heavy atom. The third-order valence-corrected chi connectivity index (χ3v) is 20.2. The number of carbonyl (C=O) groups is 3. The fourth-order valence-electron chi connectivity index (χ4n) is 11.6. The standard InChI is InChI=1S/C23H26F2N4OS.C23H28N4OS.C22H23F3N4OS/c1-2-15-6-7-16-20(26)21(31-23(16)28-15)22(30)27-9-8-14-12-18(25)19(13-17(14)24)29-10-4-3-5-11-29;1-2-17-8-11-19-20(24)21(29-23(19)26-17)22(28)25-13-12-16-6-9-18(10-7-16)27-14-4-3-5-15-27;1-12-15(23)10-14-19(26)20(31-22(14)28-12)21(30)27-6-5-13-9-17(25)18(11-16(13)24)29-7-3-2-4-8-29/h6-7,12-13H,2-5,8-11,26H2,1H3,(H,27,30);6-11H,2-5,12-15,24H2,1H3,(H,25,28);9-11H,2-8,26H2,1H3,(H,27,30). The minimum absolute atomic E-state index is 0.104. The minimum atomic E-state index is -0.493. The van der Waals surface area contributed by atoms with Crippen LogP contribution in [0.5, 0.6) is 0 Å².